The summed E-state index contributed by atoms with van der Waals surface area (Å²) in [5.74, 6) is 1.57. The highest BCUT2D eigenvalue weighted by Gasteiger charge is 2.19. The number of likely N-dealkylation sites (N-methyl/N-ethyl adjacent to an activating group) is 2. The number of hydrogen-bond acceptors (Lipinski definition) is 8. The molecule has 12 heteroatoms. The van der Waals surface area contributed by atoms with Crippen molar-refractivity contribution in [3.05, 3.63) is 71.8 Å². The number of imidazole rings is 2. The van der Waals surface area contributed by atoms with Gasteiger partial charge in [0.1, 0.15) is 11.6 Å². The Balaban J connectivity index is 1.45. The third-order valence-corrected chi connectivity index (χ3v) is 9.10. The van der Waals surface area contributed by atoms with Gasteiger partial charge in [-0.25, -0.2) is 9.97 Å². The largest absolute Gasteiger partial charge is 0.352 e. The molecule has 0 spiro atoms. The molecular formula is C40H56N10O2. The van der Waals surface area contributed by atoms with Gasteiger partial charge in [0.25, 0.3) is 11.8 Å². The lowest BCUT2D eigenvalue weighted by Crippen LogP contribution is -2.27. The summed E-state index contributed by atoms with van der Waals surface area (Å²) >= 11 is 0. The first-order chi connectivity index (χ1) is 24.9. The molecule has 0 saturated heterocycles. The number of fused-ring (bicyclic) bond motifs is 2. The molecular weight excluding hydrogens is 653 g/mol. The van der Waals surface area contributed by atoms with Crippen molar-refractivity contribution >= 4 is 33.9 Å². The molecule has 12 nitrogen and oxygen atoms in total. The van der Waals surface area contributed by atoms with E-state index in [1.165, 1.54) is 0 Å². The van der Waals surface area contributed by atoms with E-state index in [0.717, 1.165) is 97.0 Å². The maximum Gasteiger partial charge on any atom is 0.251 e. The quantitative estimate of drug-likeness (QED) is 0.131. The molecule has 0 aliphatic carbocycles. The molecule has 0 aliphatic rings. The summed E-state index contributed by atoms with van der Waals surface area (Å²) in [6, 6.07) is 19.9. The Morgan fingerprint density at radius 2 is 0.904 bits per heavy atom. The Bertz CT molecular complexity index is 1820. The average Bonchev–Trinajstić information content (AvgIpc) is 3.67. The lowest BCUT2D eigenvalue weighted by atomic mass is 10.1. The van der Waals surface area contributed by atoms with Gasteiger partial charge in [-0.3, -0.25) is 9.59 Å². The smallest absolute Gasteiger partial charge is 0.251 e. The van der Waals surface area contributed by atoms with Crippen molar-refractivity contribution in [2.45, 2.75) is 25.9 Å². The number of nitrogens with one attached hydrogen (secondary N) is 2. The van der Waals surface area contributed by atoms with Gasteiger partial charge in [-0.05, 0) is 119 Å². The minimum Gasteiger partial charge on any atom is -0.352 e. The number of rotatable bonds is 18. The Labute approximate surface area is 308 Å². The van der Waals surface area contributed by atoms with E-state index in [1.54, 1.807) is 0 Å². The van der Waals surface area contributed by atoms with Crippen LogP contribution in [-0.4, -0.2) is 146 Å². The number of benzene rings is 3. The first-order valence-corrected chi connectivity index (χ1v) is 18.2. The molecule has 2 heterocycles. The Hall–Kier alpha value is -4.62. The zero-order valence-corrected chi connectivity index (χ0v) is 32.2. The summed E-state index contributed by atoms with van der Waals surface area (Å²) in [5.41, 5.74) is 6.80. The maximum absolute atomic E-state index is 13.1. The molecule has 278 valence electrons. The molecule has 0 bridgehead atoms. The van der Waals surface area contributed by atoms with Crippen LogP contribution in [0.4, 0.5) is 0 Å². The SMILES string of the molecule is CN(C)CCCNC(=O)c1ccc2nc(-c3ccc(-c4nc5ccc(C(=O)NCCCN(C)C)cc5n4CCN(C)C)cc3)n(CCN(C)C)c2c1. The number of amides is 2. The van der Waals surface area contributed by atoms with E-state index >= 15 is 0 Å². The van der Waals surface area contributed by atoms with E-state index in [0.29, 0.717) is 24.2 Å². The van der Waals surface area contributed by atoms with Crippen LogP contribution in [0.5, 0.6) is 0 Å². The molecule has 52 heavy (non-hydrogen) atoms. The molecule has 0 aliphatic heterocycles. The van der Waals surface area contributed by atoms with E-state index in [9.17, 15) is 9.59 Å². The van der Waals surface area contributed by atoms with Crippen LogP contribution in [-0.2, 0) is 13.1 Å². The van der Waals surface area contributed by atoms with Crippen LogP contribution < -0.4 is 10.6 Å². The van der Waals surface area contributed by atoms with E-state index in [1.807, 2.05) is 64.6 Å². The monoisotopic (exact) mass is 708 g/mol. The van der Waals surface area contributed by atoms with Crippen LogP contribution in [0.1, 0.15) is 33.6 Å². The fourth-order valence-corrected chi connectivity index (χ4v) is 6.19. The molecule has 2 N–H and O–H groups in total. The first kappa shape index (κ1) is 38.6. The number of carbonyl (C=O) groups excluding carboxylic acids is 2. The van der Waals surface area contributed by atoms with Crippen LogP contribution >= 0.6 is 0 Å². The van der Waals surface area contributed by atoms with Gasteiger partial charge in [-0.2, -0.15) is 0 Å². The average molecular weight is 709 g/mol. The fourth-order valence-electron chi connectivity index (χ4n) is 6.19. The third-order valence-electron chi connectivity index (χ3n) is 9.10. The normalized spacial score (nSPS) is 11.9. The highest BCUT2D eigenvalue weighted by Crippen LogP contribution is 2.30. The van der Waals surface area contributed by atoms with Crippen LogP contribution in [0.15, 0.2) is 60.7 Å². The first-order valence-electron chi connectivity index (χ1n) is 18.2. The van der Waals surface area contributed by atoms with Crippen LogP contribution in [0.25, 0.3) is 44.8 Å². The summed E-state index contributed by atoms with van der Waals surface area (Å²) in [7, 11) is 16.4. The van der Waals surface area contributed by atoms with Gasteiger partial charge in [0.15, 0.2) is 0 Å². The molecule has 2 amide bonds. The molecule has 0 atom stereocenters. The van der Waals surface area contributed by atoms with Gasteiger partial charge in [-0.1, -0.05) is 24.3 Å². The fraction of sp³-hybridized carbons (Fsp3) is 0.450. The highest BCUT2D eigenvalue weighted by molar-refractivity contribution is 5.99. The van der Waals surface area contributed by atoms with Gasteiger partial charge in [0.05, 0.1) is 22.1 Å². The highest BCUT2D eigenvalue weighted by atomic mass is 16.2. The standard InChI is InChI=1S/C40H56N10O2/c1-45(2)21-9-19-41-39(51)31-15-17-33-35(27-31)49(25-23-47(5)6)37(43-33)29-11-13-30(14-12-29)38-44-34-18-16-32(40(52)42-20-10-22-46(3)4)28-36(34)50(38)26-24-48(7)8/h11-18,27-28H,9-10,19-26H2,1-8H3,(H,41,51)(H,42,52). The van der Waals surface area contributed by atoms with Gasteiger partial charge >= 0.3 is 0 Å². The van der Waals surface area contributed by atoms with Crippen molar-refractivity contribution < 1.29 is 9.59 Å². The van der Waals surface area contributed by atoms with E-state index in [4.69, 9.17) is 9.97 Å². The zero-order chi connectivity index (χ0) is 37.4. The van der Waals surface area contributed by atoms with E-state index < -0.39 is 0 Å². The van der Waals surface area contributed by atoms with E-state index in [-0.39, 0.29) is 11.8 Å². The molecule has 0 radical (unpaired) electrons. The van der Waals surface area contributed by atoms with Crippen molar-refractivity contribution in [2.75, 3.05) is 95.6 Å². The minimum absolute atomic E-state index is 0.0724. The second-order valence-corrected chi connectivity index (χ2v) is 14.6. The summed E-state index contributed by atoms with van der Waals surface area (Å²) < 4.78 is 4.43. The summed E-state index contributed by atoms with van der Waals surface area (Å²) in [6.07, 6.45) is 1.78. The van der Waals surface area contributed by atoms with Crippen molar-refractivity contribution in [3.8, 4) is 22.8 Å². The predicted octanol–water partition coefficient (Wildman–Crippen LogP) is 4.21. The van der Waals surface area contributed by atoms with Crippen molar-refractivity contribution in [3.63, 3.8) is 0 Å². The topological polar surface area (TPSA) is 107 Å². The Morgan fingerprint density at radius 3 is 1.25 bits per heavy atom. The lowest BCUT2D eigenvalue weighted by molar-refractivity contribution is 0.0944. The number of carbonyl (C=O) groups is 2. The number of nitrogens with zero attached hydrogens (tertiary/aromatic N) is 8. The van der Waals surface area contributed by atoms with Crippen molar-refractivity contribution in [1.82, 2.24) is 49.3 Å². The molecule has 0 unspecified atom stereocenters. The lowest BCUT2D eigenvalue weighted by Gasteiger charge is -2.15. The van der Waals surface area contributed by atoms with Gasteiger partial charge < -0.3 is 39.4 Å². The second-order valence-electron chi connectivity index (χ2n) is 14.6. The van der Waals surface area contributed by atoms with Crippen molar-refractivity contribution in [2.24, 2.45) is 0 Å². The summed E-state index contributed by atoms with van der Waals surface area (Å²) in [6.45, 7) is 6.19. The predicted molar refractivity (Wildman–Crippen MR) is 212 cm³/mol. The zero-order valence-electron chi connectivity index (χ0n) is 32.2. The number of aromatic nitrogens is 4. The maximum atomic E-state index is 13.1. The third kappa shape index (κ3) is 9.82. The van der Waals surface area contributed by atoms with E-state index in [2.05, 4.69) is 91.8 Å². The Morgan fingerprint density at radius 1 is 0.538 bits per heavy atom. The molecule has 2 aromatic heterocycles. The number of hydrogen-bond donors (Lipinski definition) is 2. The molecule has 5 rings (SSSR count). The minimum atomic E-state index is -0.0724. The van der Waals surface area contributed by atoms with Crippen LogP contribution in [0.2, 0.25) is 0 Å². The second kappa shape index (κ2) is 17.7. The van der Waals surface area contributed by atoms with Crippen molar-refractivity contribution in [1.29, 1.82) is 0 Å². The molecule has 5 aromatic rings. The van der Waals surface area contributed by atoms with Gasteiger partial charge in [-0.15, -0.1) is 0 Å². The molecule has 0 fully saturated rings. The Kier molecular flexibility index (Phi) is 13.2. The molecule has 3 aromatic carbocycles. The van der Waals surface area contributed by atoms with Crippen LogP contribution in [0.3, 0.4) is 0 Å². The van der Waals surface area contributed by atoms with Gasteiger partial charge in [0, 0.05) is 61.5 Å². The summed E-state index contributed by atoms with van der Waals surface area (Å²) in [5, 5.41) is 6.13. The van der Waals surface area contributed by atoms with Gasteiger partial charge in [0.2, 0.25) is 0 Å². The van der Waals surface area contributed by atoms with Crippen LogP contribution in [0, 0.1) is 0 Å². The summed E-state index contributed by atoms with van der Waals surface area (Å²) in [4.78, 5) is 44.8. The molecule has 0 saturated carbocycles.